The number of carbonyl (C=O) groups is 3. The van der Waals surface area contributed by atoms with Crippen LogP contribution in [0.5, 0.6) is 0 Å². The molecule has 1 atom stereocenters. The molecule has 1 heterocycles. The zero-order chi connectivity index (χ0) is 26.1. The molecule has 1 aliphatic heterocycles. The van der Waals surface area contributed by atoms with Crippen LogP contribution in [-0.2, 0) is 16.0 Å². The monoisotopic (exact) mass is 533 g/mol. The first-order valence-electron chi connectivity index (χ1n) is 12.0. The summed E-state index contributed by atoms with van der Waals surface area (Å²) in [7, 11) is 0. The summed E-state index contributed by atoms with van der Waals surface area (Å²) in [5.74, 6) is -1.42. The van der Waals surface area contributed by atoms with Crippen LogP contribution in [0.25, 0.3) is 0 Å². The van der Waals surface area contributed by atoms with Gasteiger partial charge in [-0.1, -0.05) is 30.7 Å². The minimum absolute atomic E-state index is 0.0296. The van der Waals surface area contributed by atoms with E-state index in [1.807, 2.05) is 29.2 Å². The number of aliphatic carboxylic acids is 1. The molecule has 1 fully saturated rings. The SMILES string of the molecule is CCSC(C(=O)O)C(=O)N(CCO)c1ccc(C(=O)N2CCN(CCc3ccc(Cl)cc3)CC2)cc1. The number of aliphatic hydroxyl groups excluding tert-OH is 1. The van der Waals surface area contributed by atoms with Gasteiger partial charge in [-0.25, -0.2) is 0 Å². The van der Waals surface area contributed by atoms with Gasteiger partial charge in [0.25, 0.3) is 11.8 Å². The molecule has 0 bridgehead atoms. The van der Waals surface area contributed by atoms with E-state index >= 15 is 0 Å². The first kappa shape index (κ1) is 28.0. The van der Waals surface area contributed by atoms with E-state index in [1.165, 1.54) is 10.5 Å². The molecule has 0 saturated carbocycles. The summed E-state index contributed by atoms with van der Waals surface area (Å²) in [6.45, 7) is 5.21. The highest BCUT2D eigenvalue weighted by Gasteiger charge is 2.31. The van der Waals surface area contributed by atoms with E-state index in [0.717, 1.165) is 42.8 Å². The summed E-state index contributed by atoms with van der Waals surface area (Å²) in [6.07, 6.45) is 0.926. The predicted molar refractivity (Wildman–Crippen MR) is 143 cm³/mol. The third-order valence-corrected chi connectivity index (χ3v) is 7.41. The summed E-state index contributed by atoms with van der Waals surface area (Å²) in [5.41, 5.74) is 2.18. The molecule has 36 heavy (non-hydrogen) atoms. The van der Waals surface area contributed by atoms with Crippen molar-refractivity contribution in [1.29, 1.82) is 0 Å². The number of hydrogen-bond donors (Lipinski definition) is 2. The molecule has 194 valence electrons. The lowest BCUT2D eigenvalue weighted by atomic mass is 10.1. The first-order chi connectivity index (χ1) is 17.3. The number of piperazine rings is 1. The maximum atomic E-state index is 13.0. The van der Waals surface area contributed by atoms with E-state index < -0.39 is 17.1 Å². The molecule has 2 N–H and O–H groups in total. The number of hydrogen-bond acceptors (Lipinski definition) is 6. The highest BCUT2D eigenvalue weighted by Crippen LogP contribution is 2.22. The standard InChI is InChI=1S/C26H32ClN3O5S/c1-2-36-23(26(34)35)25(33)30(17-18-31)22-9-5-20(6-10-22)24(32)29-15-13-28(14-16-29)12-11-19-3-7-21(27)8-4-19/h3-10,23,31H,2,11-18H2,1H3,(H,34,35). The molecule has 2 aromatic rings. The van der Waals surface area contributed by atoms with Crippen LogP contribution in [0.15, 0.2) is 48.5 Å². The molecule has 0 spiro atoms. The molecule has 1 saturated heterocycles. The topological polar surface area (TPSA) is 101 Å². The number of benzene rings is 2. The van der Waals surface area contributed by atoms with E-state index in [-0.39, 0.29) is 19.1 Å². The number of amides is 2. The Hall–Kier alpha value is -2.59. The van der Waals surface area contributed by atoms with Crippen LogP contribution < -0.4 is 4.90 Å². The molecule has 8 nitrogen and oxygen atoms in total. The average molecular weight is 534 g/mol. The van der Waals surface area contributed by atoms with Gasteiger partial charge < -0.3 is 20.0 Å². The van der Waals surface area contributed by atoms with Gasteiger partial charge in [0.2, 0.25) is 0 Å². The van der Waals surface area contributed by atoms with E-state index in [0.29, 0.717) is 30.1 Å². The van der Waals surface area contributed by atoms with Gasteiger partial charge in [0.15, 0.2) is 5.25 Å². The Morgan fingerprint density at radius 2 is 1.67 bits per heavy atom. The Morgan fingerprint density at radius 1 is 1.03 bits per heavy atom. The van der Waals surface area contributed by atoms with Gasteiger partial charge in [-0.3, -0.25) is 19.3 Å². The maximum Gasteiger partial charge on any atom is 0.326 e. The van der Waals surface area contributed by atoms with Crippen molar-refractivity contribution in [3.8, 4) is 0 Å². The number of rotatable bonds is 11. The number of thioether (sulfide) groups is 1. The lowest BCUT2D eigenvalue weighted by Gasteiger charge is -2.35. The number of anilines is 1. The number of carboxylic acid groups (broad SMARTS) is 1. The molecular formula is C26H32ClN3O5S. The van der Waals surface area contributed by atoms with Gasteiger partial charge >= 0.3 is 5.97 Å². The fraction of sp³-hybridized carbons (Fsp3) is 0.423. The molecule has 0 radical (unpaired) electrons. The van der Waals surface area contributed by atoms with Crippen LogP contribution in [0.3, 0.4) is 0 Å². The first-order valence-corrected chi connectivity index (χ1v) is 13.4. The van der Waals surface area contributed by atoms with E-state index in [1.54, 1.807) is 31.2 Å². The van der Waals surface area contributed by atoms with E-state index in [2.05, 4.69) is 4.90 Å². The van der Waals surface area contributed by atoms with Crippen LogP contribution in [0, 0.1) is 0 Å². The largest absolute Gasteiger partial charge is 0.480 e. The smallest absolute Gasteiger partial charge is 0.326 e. The second-order valence-electron chi connectivity index (χ2n) is 8.44. The number of aliphatic hydroxyl groups is 1. The Morgan fingerprint density at radius 3 is 2.22 bits per heavy atom. The molecule has 10 heteroatoms. The maximum absolute atomic E-state index is 13.0. The third kappa shape index (κ3) is 7.46. The van der Waals surface area contributed by atoms with Gasteiger partial charge in [-0.2, -0.15) is 0 Å². The zero-order valence-electron chi connectivity index (χ0n) is 20.3. The lowest BCUT2D eigenvalue weighted by Crippen LogP contribution is -2.49. The summed E-state index contributed by atoms with van der Waals surface area (Å²) in [4.78, 5) is 42.9. The van der Waals surface area contributed by atoms with Gasteiger partial charge in [-0.05, 0) is 54.1 Å². The molecule has 2 aromatic carbocycles. The van der Waals surface area contributed by atoms with Crippen LogP contribution in [0.2, 0.25) is 5.02 Å². The molecular weight excluding hydrogens is 502 g/mol. The van der Waals surface area contributed by atoms with Crippen LogP contribution in [0.1, 0.15) is 22.8 Å². The summed E-state index contributed by atoms with van der Waals surface area (Å²) < 4.78 is 0. The zero-order valence-corrected chi connectivity index (χ0v) is 21.9. The minimum Gasteiger partial charge on any atom is -0.480 e. The Balaban J connectivity index is 1.57. The van der Waals surface area contributed by atoms with Crippen molar-refractivity contribution in [2.24, 2.45) is 0 Å². The summed E-state index contributed by atoms with van der Waals surface area (Å²) in [5, 5.41) is 18.3. The Kier molecular flexibility index (Phi) is 10.6. The number of halogens is 1. The van der Waals surface area contributed by atoms with Gasteiger partial charge in [-0.15, -0.1) is 11.8 Å². The van der Waals surface area contributed by atoms with Crippen molar-refractivity contribution in [2.75, 3.05) is 56.5 Å². The van der Waals surface area contributed by atoms with Crippen molar-refractivity contribution in [1.82, 2.24) is 9.80 Å². The van der Waals surface area contributed by atoms with Crippen molar-refractivity contribution >= 4 is 46.8 Å². The highest BCUT2D eigenvalue weighted by atomic mass is 35.5. The van der Waals surface area contributed by atoms with Gasteiger partial charge in [0, 0.05) is 55.5 Å². The normalized spacial score (nSPS) is 14.9. The molecule has 2 amide bonds. The Labute approximate surface area is 220 Å². The predicted octanol–water partition coefficient (Wildman–Crippen LogP) is 2.87. The summed E-state index contributed by atoms with van der Waals surface area (Å²) in [6, 6.07) is 14.4. The summed E-state index contributed by atoms with van der Waals surface area (Å²) >= 11 is 6.98. The van der Waals surface area contributed by atoms with Crippen LogP contribution in [-0.4, -0.2) is 94.7 Å². The highest BCUT2D eigenvalue weighted by molar-refractivity contribution is 8.01. The third-order valence-electron chi connectivity index (χ3n) is 6.09. The second kappa shape index (κ2) is 13.6. The van der Waals surface area contributed by atoms with E-state index in [9.17, 15) is 24.6 Å². The van der Waals surface area contributed by atoms with Crippen LogP contribution in [0.4, 0.5) is 5.69 Å². The number of carbonyl (C=O) groups excluding carboxylic acids is 2. The second-order valence-corrected chi connectivity index (χ2v) is 10.3. The van der Waals surface area contributed by atoms with Crippen molar-refractivity contribution in [3.05, 3.63) is 64.7 Å². The minimum atomic E-state index is -1.25. The molecule has 0 aliphatic carbocycles. The quantitative estimate of drug-likeness (QED) is 0.428. The number of nitrogens with zero attached hydrogens (tertiary/aromatic N) is 3. The fourth-order valence-corrected chi connectivity index (χ4v) is 4.97. The van der Waals surface area contributed by atoms with Crippen molar-refractivity contribution in [3.63, 3.8) is 0 Å². The lowest BCUT2D eigenvalue weighted by molar-refractivity contribution is -0.139. The Bertz CT molecular complexity index is 1030. The molecule has 1 unspecified atom stereocenters. The molecule has 3 rings (SSSR count). The van der Waals surface area contributed by atoms with Crippen molar-refractivity contribution in [2.45, 2.75) is 18.6 Å². The molecule has 1 aliphatic rings. The van der Waals surface area contributed by atoms with Gasteiger partial charge in [0.1, 0.15) is 0 Å². The van der Waals surface area contributed by atoms with Gasteiger partial charge in [0.05, 0.1) is 6.61 Å². The number of carboxylic acids is 1. The average Bonchev–Trinajstić information content (AvgIpc) is 2.89. The molecule has 0 aromatic heterocycles. The van der Waals surface area contributed by atoms with Crippen LogP contribution >= 0.6 is 23.4 Å². The van der Waals surface area contributed by atoms with Crippen molar-refractivity contribution < 1.29 is 24.6 Å². The van der Waals surface area contributed by atoms with E-state index in [4.69, 9.17) is 11.6 Å². The fourth-order valence-electron chi connectivity index (χ4n) is 4.10.